The highest BCUT2D eigenvalue weighted by atomic mass is 32.2. The van der Waals surface area contributed by atoms with Crippen molar-refractivity contribution in [2.75, 3.05) is 7.05 Å². The van der Waals surface area contributed by atoms with Gasteiger partial charge in [0.2, 0.25) is 15.9 Å². The fourth-order valence-electron chi connectivity index (χ4n) is 2.26. The van der Waals surface area contributed by atoms with Crippen molar-refractivity contribution in [1.82, 2.24) is 15.0 Å². The van der Waals surface area contributed by atoms with E-state index in [1.807, 2.05) is 19.1 Å². The number of amides is 1. The largest absolute Gasteiger partial charge is 0.350 e. The number of hydrogen-bond acceptors (Lipinski definition) is 4. The summed E-state index contributed by atoms with van der Waals surface area (Å²) in [6.07, 6.45) is 4.28. The van der Waals surface area contributed by atoms with Crippen LogP contribution in [-0.4, -0.2) is 26.4 Å². The molecule has 1 atom stereocenters. The Morgan fingerprint density at radius 2 is 1.75 bits per heavy atom. The van der Waals surface area contributed by atoms with Crippen molar-refractivity contribution in [3.63, 3.8) is 0 Å². The minimum Gasteiger partial charge on any atom is -0.350 e. The van der Waals surface area contributed by atoms with Gasteiger partial charge in [0, 0.05) is 18.8 Å². The summed E-state index contributed by atoms with van der Waals surface area (Å²) in [5.74, 6) is -0.0498. The SMILES string of the molecule is CNS(=O)(=O)c1ccc(CCC(=O)NC(C)c2ccncc2)cc1. The van der Waals surface area contributed by atoms with Gasteiger partial charge in [-0.1, -0.05) is 12.1 Å². The van der Waals surface area contributed by atoms with Gasteiger partial charge in [0.25, 0.3) is 0 Å². The number of aryl methyl sites for hydroxylation is 1. The molecule has 7 heteroatoms. The first-order chi connectivity index (χ1) is 11.4. The standard InChI is InChI=1S/C17H21N3O3S/c1-13(15-9-11-19-12-10-15)20-17(21)8-5-14-3-6-16(7-4-14)24(22,23)18-2/h3-4,6-7,9-13,18H,5,8H2,1-2H3,(H,20,21). The molecule has 128 valence electrons. The Balaban J connectivity index is 1.88. The molecular weight excluding hydrogens is 326 g/mol. The lowest BCUT2D eigenvalue weighted by atomic mass is 10.1. The van der Waals surface area contributed by atoms with Crippen molar-refractivity contribution in [3.05, 3.63) is 59.9 Å². The first-order valence-electron chi connectivity index (χ1n) is 7.64. The van der Waals surface area contributed by atoms with Gasteiger partial charge in [0.1, 0.15) is 0 Å². The second kappa shape index (κ2) is 8.03. The molecule has 1 aromatic carbocycles. The molecule has 0 radical (unpaired) electrons. The van der Waals surface area contributed by atoms with Crippen molar-refractivity contribution < 1.29 is 13.2 Å². The van der Waals surface area contributed by atoms with Gasteiger partial charge in [-0.25, -0.2) is 13.1 Å². The van der Waals surface area contributed by atoms with E-state index in [0.717, 1.165) is 11.1 Å². The van der Waals surface area contributed by atoms with Crippen LogP contribution in [-0.2, 0) is 21.2 Å². The van der Waals surface area contributed by atoms with Gasteiger partial charge in [-0.2, -0.15) is 0 Å². The molecule has 0 saturated carbocycles. The average molecular weight is 347 g/mol. The Bertz CT molecular complexity index is 774. The molecule has 1 heterocycles. The lowest BCUT2D eigenvalue weighted by Crippen LogP contribution is -2.26. The molecule has 0 saturated heterocycles. The number of hydrogen-bond donors (Lipinski definition) is 2. The summed E-state index contributed by atoms with van der Waals surface area (Å²) in [4.78, 5) is 16.2. The van der Waals surface area contributed by atoms with E-state index >= 15 is 0 Å². The van der Waals surface area contributed by atoms with Crippen LogP contribution in [0.3, 0.4) is 0 Å². The van der Waals surface area contributed by atoms with E-state index in [1.165, 1.54) is 7.05 Å². The first kappa shape index (κ1) is 18.1. The van der Waals surface area contributed by atoms with Gasteiger partial charge >= 0.3 is 0 Å². The Labute approximate surface area is 142 Å². The molecule has 24 heavy (non-hydrogen) atoms. The van der Waals surface area contributed by atoms with E-state index in [4.69, 9.17) is 0 Å². The number of pyridine rings is 1. The monoisotopic (exact) mass is 347 g/mol. The van der Waals surface area contributed by atoms with Gasteiger partial charge in [-0.15, -0.1) is 0 Å². The van der Waals surface area contributed by atoms with E-state index in [0.29, 0.717) is 12.8 Å². The zero-order valence-corrected chi connectivity index (χ0v) is 14.5. The number of sulfonamides is 1. The number of carbonyl (C=O) groups excluding carboxylic acids is 1. The summed E-state index contributed by atoms with van der Waals surface area (Å²) in [6, 6.07) is 10.2. The van der Waals surface area contributed by atoms with E-state index < -0.39 is 10.0 Å². The molecule has 0 aliphatic rings. The third-order valence-electron chi connectivity index (χ3n) is 3.73. The van der Waals surface area contributed by atoms with Crippen molar-refractivity contribution in [2.45, 2.75) is 30.7 Å². The van der Waals surface area contributed by atoms with Crippen LogP contribution in [0.4, 0.5) is 0 Å². The predicted molar refractivity (Wildman–Crippen MR) is 91.8 cm³/mol. The maximum Gasteiger partial charge on any atom is 0.240 e. The molecule has 1 aromatic heterocycles. The maximum absolute atomic E-state index is 12.0. The van der Waals surface area contributed by atoms with Gasteiger partial charge in [0.15, 0.2) is 0 Å². The van der Waals surface area contributed by atoms with Crippen molar-refractivity contribution in [2.24, 2.45) is 0 Å². The second-order valence-corrected chi connectivity index (χ2v) is 7.31. The van der Waals surface area contributed by atoms with Gasteiger partial charge in [-0.05, 0) is 55.8 Å². The summed E-state index contributed by atoms with van der Waals surface area (Å²) in [6.45, 7) is 1.92. The molecule has 0 aliphatic heterocycles. The highest BCUT2D eigenvalue weighted by Crippen LogP contribution is 2.13. The Kier molecular flexibility index (Phi) is 6.05. The van der Waals surface area contributed by atoms with Crippen LogP contribution in [0.5, 0.6) is 0 Å². The van der Waals surface area contributed by atoms with Crippen LogP contribution in [0.25, 0.3) is 0 Å². The minimum absolute atomic E-state index is 0.0498. The van der Waals surface area contributed by atoms with Gasteiger partial charge < -0.3 is 5.32 Å². The number of nitrogens with zero attached hydrogens (tertiary/aromatic N) is 1. The van der Waals surface area contributed by atoms with Crippen LogP contribution in [0.1, 0.15) is 30.5 Å². The van der Waals surface area contributed by atoms with Crippen LogP contribution in [0.15, 0.2) is 53.7 Å². The first-order valence-corrected chi connectivity index (χ1v) is 9.12. The predicted octanol–water partition coefficient (Wildman–Crippen LogP) is 1.80. The molecular formula is C17H21N3O3S. The third-order valence-corrected chi connectivity index (χ3v) is 5.16. The zero-order chi connectivity index (χ0) is 17.6. The summed E-state index contributed by atoms with van der Waals surface area (Å²) in [5.41, 5.74) is 1.91. The fraction of sp³-hybridized carbons (Fsp3) is 0.294. The van der Waals surface area contributed by atoms with Crippen LogP contribution >= 0.6 is 0 Å². The minimum atomic E-state index is -3.43. The number of carbonyl (C=O) groups is 1. The molecule has 2 N–H and O–H groups in total. The normalized spacial score (nSPS) is 12.6. The van der Waals surface area contributed by atoms with E-state index in [-0.39, 0.29) is 16.8 Å². The number of nitrogens with one attached hydrogen (secondary N) is 2. The molecule has 2 aromatic rings. The lowest BCUT2D eigenvalue weighted by Gasteiger charge is -2.14. The average Bonchev–Trinajstić information content (AvgIpc) is 2.61. The topological polar surface area (TPSA) is 88.2 Å². The van der Waals surface area contributed by atoms with E-state index in [9.17, 15) is 13.2 Å². The van der Waals surface area contributed by atoms with Crippen LogP contribution in [0.2, 0.25) is 0 Å². The summed E-state index contributed by atoms with van der Waals surface area (Å²) in [7, 11) is -2.05. The Hall–Kier alpha value is -2.25. The molecule has 2 rings (SSSR count). The van der Waals surface area contributed by atoms with Crippen molar-refractivity contribution in [1.29, 1.82) is 0 Å². The third kappa shape index (κ3) is 4.87. The molecule has 0 fully saturated rings. The van der Waals surface area contributed by atoms with Gasteiger partial charge in [-0.3, -0.25) is 9.78 Å². The molecule has 1 unspecified atom stereocenters. The van der Waals surface area contributed by atoms with E-state index in [2.05, 4.69) is 15.0 Å². The van der Waals surface area contributed by atoms with Gasteiger partial charge in [0.05, 0.1) is 10.9 Å². The second-order valence-electron chi connectivity index (χ2n) is 5.42. The summed E-state index contributed by atoms with van der Waals surface area (Å²) < 4.78 is 25.6. The number of aromatic nitrogens is 1. The van der Waals surface area contributed by atoms with Crippen LogP contribution in [0, 0.1) is 0 Å². The van der Waals surface area contributed by atoms with Crippen LogP contribution < -0.4 is 10.0 Å². The molecule has 1 amide bonds. The molecule has 0 bridgehead atoms. The highest BCUT2D eigenvalue weighted by Gasteiger charge is 2.12. The fourth-order valence-corrected chi connectivity index (χ4v) is 2.99. The summed E-state index contributed by atoms with van der Waals surface area (Å²) in [5, 5.41) is 2.94. The molecule has 6 nitrogen and oxygen atoms in total. The molecule has 0 spiro atoms. The highest BCUT2D eigenvalue weighted by molar-refractivity contribution is 7.89. The quantitative estimate of drug-likeness (QED) is 0.799. The summed E-state index contributed by atoms with van der Waals surface area (Å²) >= 11 is 0. The Morgan fingerprint density at radius 1 is 1.12 bits per heavy atom. The number of benzene rings is 1. The number of rotatable bonds is 7. The smallest absolute Gasteiger partial charge is 0.240 e. The van der Waals surface area contributed by atoms with E-state index in [1.54, 1.807) is 36.7 Å². The maximum atomic E-state index is 12.0. The molecule has 0 aliphatic carbocycles. The van der Waals surface area contributed by atoms with Crippen molar-refractivity contribution >= 4 is 15.9 Å². The van der Waals surface area contributed by atoms with Crippen molar-refractivity contribution in [3.8, 4) is 0 Å². The lowest BCUT2D eigenvalue weighted by molar-refractivity contribution is -0.121. The zero-order valence-electron chi connectivity index (χ0n) is 13.7. The Morgan fingerprint density at radius 3 is 2.33 bits per heavy atom.